The van der Waals surface area contributed by atoms with Gasteiger partial charge in [0, 0.05) is 11.5 Å². The minimum atomic E-state index is -0.600. The molecule has 0 radical (unpaired) electrons. The molecule has 1 aromatic rings. The number of carbonyl (C=O) groups is 2. The molecule has 0 aliphatic carbocycles. The predicted octanol–water partition coefficient (Wildman–Crippen LogP) is 0.542. The lowest BCUT2D eigenvalue weighted by atomic mass is 10.1. The van der Waals surface area contributed by atoms with E-state index in [2.05, 4.69) is 21.9 Å². The number of amides is 1. The van der Waals surface area contributed by atoms with Crippen molar-refractivity contribution in [1.82, 2.24) is 0 Å². The number of benzene rings is 1. The van der Waals surface area contributed by atoms with E-state index in [1.165, 1.54) is 7.11 Å². The Kier molecular flexibility index (Phi) is 2.97. The maximum atomic E-state index is 11.0. The van der Waals surface area contributed by atoms with Crippen molar-refractivity contribution in [2.75, 3.05) is 19.0 Å². The molecule has 0 atom stereocenters. The maximum Gasteiger partial charge on any atom is 0.384 e. The van der Waals surface area contributed by atoms with Crippen LogP contribution in [0.3, 0.4) is 0 Å². The van der Waals surface area contributed by atoms with Gasteiger partial charge in [-0.3, -0.25) is 4.79 Å². The lowest BCUT2D eigenvalue weighted by Gasteiger charge is -2.17. The average Bonchev–Trinajstić information content (AvgIpc) is 2.35. The summed E-state index contributed by atoms with van der Waals surface area (Å²) >= 11 is 0. The van der Waals surface area contributed by atoms with Gasteiger partial charge >= 0.3 is 5.97 Å². The van der Waals surface area contributed by atoms with E-state index in [0.29, 0.717) is 17.0 Å². The number of rotatable bonds is 0. The van der Waals surface area contributed by atoms with Crippen molar-refractivity contribution in [1.29, 1.82) is 0 Å². The number of anilines is 1. The molecule has 0 saturated carbocycles. The van der Waals surface area contributed by atoms with Gasteiger partial charge in [-0.1, -0.05) is 5.92 Å². The highest BCUT2D eigenvalue weighted by molar-refractivity contribution is 5.95. The van der Waals surface area contributed by atoms with Gasteiger partial charge < -0.3 is 14.8 Å². The van der Waals surface area contributed by atoms with Crippen LogP contribution in [-0.2, 0) is 14.3 Å². The molecule has 1 aliphatic heterocycles. The Morgan fingerprint density at radius 3 is 3.12 bits per heavy atom. The van der Waals surface area contributed by atoms with Crippen molar-refractivity contribution in [3.05, 3.63) is 23.8 Å². The van der Waals surface area contributed by atoms with E-state index in [0.717, 1.165) is 0 Å². The molecule has 5 nitrogen and oxygen atoms in total. The van der Waals surface area contributed by atoms with Crippen molar-refractivity contribution < 1.29 is 19.1 Å². The fourth-order valence-corrected chi connectivity index (χ4v) is 1.33. The first-order chi connectivity index (χ1) is 8.19. The normalized spacial score (nSPS) is 12.4. The number of ether oxygens (including phenoxy) is 2. The minimum Gasteiger partial charge on any atom is -0.482 e. The highest BCUT2D eigenvalue weighted by atomic mass is 16.5. The van der Waals surface area contributed by atoms with Gasteiger partial charge in [0.2, 0.25) is 0 Å². The Morgan fingerprint density at radius 1 is 1.53 bits per heavy atom. The first kappa shape index (κ1) is 11.0. The van der Waals surface area contributed by atoms with E-state index in [1.807, 2.05) is 0 Å². The monoisotopic (exact) mass is 231 g/mol. The molecular formula is C12H9NO4. The van der Waals surface area contributed by atoms with Crippen molar-refractivity contribution in [2.45, 2.75) is 0 Å². The minimum absolute atomic E-state index is 0.0130. The molecule has 0 aromatic heterocycles. The van der Waals surface area contributed by atoms with Gasteiger partial charge in [0.05, 0.1) is 12.8 Å². The van der Waals surface area contributed by atoms with Gasteiger partial charge in [0.25, 0.3) is 5.91 Å². The lowest BCUT2D eigenvalue weighted by molar-refractivity contribution is -0.133. The van der Waals surface area contributed by atoms with Gasteiger partial charge in [-0.2, -0.15) is 0 Å². The van der Waals surface area contributed by atoms with Crippen LogP contribution in [0.4, 0.5) is 5.69 Å². The Balaban J connectivity index is 2.24. The lowest BCUT2D eigenvalue weighted by Crippen LogP contribution is -2.25. The molecular weight excluding hydrogens is 222 g/mol. The smallest absolute Gasteiger partial charge is 0.384 e. The molecule has 5 heteroatoms. The van der Waals surface area contributed by atoms with E-state index in [-0.39, 0.29) is 12.5 Å². The van der Waals surface area contributed by atoms with Gasteiger partial charge in [-0.15, -0.1) is 0 Å². The zero-order valence-electron chi connectivity index (χ0n) is 9.07. The summed E-state index contributed by atoms with van der Waals surface area (Å²) in [5.74, 6) is 4.70. The van der Waals surface area contributed by atoms with Crippen molar-refractivity contribution in [3.8, 4) is 17.6 Å². The highest BCUT2D eigenvalue weighted by Crippen LogP contribution is 2.28. The van der Waals surface area contributed by atoms with Crippen LogP contribution >= 0.6 is 0 Å². The quantitative estimate of drug-likeness (QED) is 0.523. The molecule has 0 spiro atoms. The first-order valence-electron chi connectivity index (χ1n) is 4.86. The summed E-state index contributed by atoms with van der Waals surface area (Å²) in [6.07, 6.45) is 0. The summed E-state index contributed by atoms with van der Waals surface area (Å²) in [5, 5.41) is 2.66. The van der Waals surface area contributed by atoms with E-state index in [1.54, 1.807) is 18.2 Å². The number of carbonyl (C=O) groups excluding carboxylic acids is 2. The van der Waals surface area contributed by atoms with E-state index in [9.17, 15) is 9.59 Å². The second-order valence-electron chi connectivity index (χ2n) is 3.29. The molecule has 1 aromatic carbocycles. The largest absolute Gasteiger partial charge is 0.482 e. The number of hydrogen-bond donors (Lipinski definition) is 1. The Morgan fingerprint density at radius 2 is 2.35 bits per heavy atom. The standard InChI is InChI=1S/C12H9NO4/c1-16-12(15)5-3-8-2-4-9-10(6-8)17-7-11(14)13-9/h2,4,6H,7H2,1H3,(H,13,14). The summed E-state index contributed by atoms with van der Waals surface area (Å²) in [6, 6.07) is 5.02. The van der Waals surface area contributed by atoms with Crippen LogP contribution in [0, 0.1) is 11.8 Å². The van der Waals surface area contributed by atoms with E-state index in [4.69, 9.17) is 4.74 Å². The molecule has 1 amide bonds. The van der Waals surface area contributed by atoms with Crippen LogP contribution in [0.1, 0.15) is 5.56 Å². The van der Waals surface area contributed by atoms with Crippen molar-refractivity contribution in [2.24, 2.45) is 0 Å². The third-order valence-electron chi connectivity index (χ3n) is 2.11. The zero-order chi connectivity index (χ0) is 12.3. The molecule has 1 aliphatic rings. The van der Waals surface area contributed by atoms with E-state index >= 15 is 0 Å². The number of fused-ring (bicyclic) bond motifs is 1. The van der Waals surface area contributed by atoms with Crippen LogP contribution in [0.5, 0.6) is 5.75 Å². The molecule has 0 fully saturated rings. The fraction of sp³-hybridized carbons (Fsp3) is 0.167. The van der Waals surface area contributed by atoms with Gasteiger partial charge in [-0.05, 0) is 18.2 Å². The van der Waals surface area contributed by atoms with Crippen LogP contribution in [-0.4, -0.2) is 25.6 Å². The molecule has 1 heterocycles. The molecule has 0 bridgehead atoms. The number of nitrogens with one attached hydrogen (secondary N) is 1. The number of hydrogen-bond acceptors (Lipinski definition) is 4. The second-order valence-corrected chi connectivity index (χ2v) is 3.29. The fourth-order valence-electron chi connectivity index (χ4n) is 1.33. The molecule has 2 rings (SSSR count). The van der Waals surface area contributed by atoms with Gasteiger partial charge in [0.15, 0.2) is 6.61 Å². The van der Waals surface area contributed by atoms with E-state index < -0.39 is 5.97 Å². The van der Waals surface area contributed by atoms with Crippen LogP contribution in [0.2, 0.25) is 0 Å². The average molecular weight is 231 g/mol. The zero-order valence-corrected chi connectivity index (χ0v) is 9.07. The number of methoxy groups -OCH3 is 1. The number of esters is 1. The molecule has 1 N–H and O–H groups in total. The molecule has 0 unspecified atom stereocenters. The second kappa shape index (κ2) is 4.58. The Bertz CT molecular complexity index is 539. The van der Waals surface area contributed by atoms with Crippen molar-refractivity contribution >= 4 is 17.6 Å². The summed E-state index contributed by atoms with van der Waals surface area (Å²) in [5.41, 5.74) is 1.22. The summed E-state index contributed by atoms with van der Waals surface area (Å²) in [6.45, 7) is -0.0130. The van der Waals surface area contributed by atoms with Gasteiger partial charge in [-0.25, -0.2) is 4.79 Å². The molecule has 0 saturated heterocycles. The Hall–Kier alpha value is -2.48. The Labute approximate surface area is 97.7 Å². The first-order valence-corrected chi connectivity index (χ1v) is 4.86. The van der Waals surface area contributed by atoms with Crippen LogP contribution in [0.25, 0.3) is 0 Å². The SMILES string of the molecule is COC(=O)C#Cc1ccc2c(c1)OCC(=O)N2. The summed E-state index contributed by atoms with van der Waals surface area (Å²) in [4.78, 5) is 21.9. The topological polar surface area (TPSA) is 64.6 Å². The maximum absolute atomic E-state index is 11.0. The van der Waals surface area contributed by atoms with Gasteiger partial charge in [0.1, 0.15) is 5.75 Å². The van der Waals surface area contributed by atoms with Crippen LogP contribution in [0.15, 0.2) is 18.2 Å². The molecule has 86 valence electrons. The summed E-state index contributed by atoms with van der Waals surface area (Å²) in [7, 11) is 1.27. The summed E-state index contributed by atoms with van der Waals surface area (Å²) < 4.78 is 9.61. The third-order valence-corrected chi connectivity index (χ3v) is 2.11. The highest BCUT2D eigenvalue weighted by Gasteiger charge is 2.15. The molecule has 17 heavy (non-hydrogen) atoms. The van der Waals surface area contributed by atoms with Crippen molar-refractivity contribution in [3.63, 3.8) is 0 Å². The van der Waals surface area contributed by atoms with Crippen LogP contribution < -0.4 is 10.1 Å². The third kappa shape index (κ3) is 2.55. The predicted molar refractivity (Wildman–Crippen MR) is 59.5 cm³/mol.